The summed E-state index contributed by atoms with van der Waals surface area (Å²) < 4.78 is 0. The van der Waals surface area contributed by atoms with Gasteiger partial charge >= 0.3 is 6.03 Å². The van der Waals surface area contributed by atoms with Gasteiger partial charge in [-0.25, -0.2) is 4.79 Å². The standard InChI is InChI=1S/C35H52N6O6S/c1-20(2)25-21(3)19-41(26(25)30(44)38-24(17-22-12-13-22)27(42)29(36)43)31(45)28(34(4,5)6)39-33(47)40-35(14-8-7-9-15-35)32(46)37-18-23-11-10-16-48-23/h10-11,16,20,22,24-26,28H,3,7-9,12-15,17-19H2,1-2,4-6H3,(H2,36,43)(H,37,46)(H,38,44)(H2,39,40,47)/t24?,25-,26-,28+/m0/s1. The van der Waals surface area contributed by atoms with E-state index in [1.807, 2.05) is 52.1 Å². The number of Topliss-reactive ketones (excluding diaryl/α,β-unsaturated/α-hetero) is 1. The van der Waals surface area contributed by atoms with Crippen molar-refractivity contribution in [3.63, 3.8) is 0 Å². The van der Waals surface area contributed by atoms with Crippen molar-refractivity contribution in [2.45, 2.75) is 116 Å². The summed E-state index contributed by atoms with van der Waals surface area (Å²) in [4.78, 5) is 82.6. The molecule has 4 atom stereocenters. The maximum absolute atomic E-state index is 14.5. The van der Waals surface area contributed by atoms with Crippen LogP contribution >= 0.6 is 11.3 Å². The molecule has 13 heteroatoms. The van der Waals surface area contributed by atoms with Crippen molar-refractivity contribution in [3.8, 4) is 0 Å². The number of amides is 6. The zero-order valence-electron chi connectivity index (χ0n) is 28.9. The van der Waals surface area contributed by atoms with Gasteiger partial charge in [0.1, 0.15) is 17.6 Å². The molecule has 2 saturated carbocycles. The highest BCUT2D eigenvalue weighted by molar-refractivity contribution is 7.09. The molecule has 1 aromatic heterocycles. The van der Waals surface area contributed by atoms with Crippen LogP contribution in [-0.4, -0.2) is 70.6 Å². The van der Waals surface area contributed by atoms with Gasteiger partial charge in [-0.05, 0) is 48.0 Å². The van der Waals surface area contributed by atoms with Crippen LogP contribution in [0, 0.1) is 23.2 Å². The average molecular weight is 685 g/mol. The Balaban J connectivity index is 1.55. The van der Waals surface area contributed by atoms with Gasteiger partial charge in [-0.15, -0.1) is 11.3 Å². The van der Waals surface area contributed by atoms with Crippen molar-refractivity contribution in [1.29, 1.82) is 0 Å². The third kappa shape index (κ3) is 8.83. The molecule has 264 valence electrons. The minimum Gasteiger partial charge on any atom is -0.363 e. The van der Waals surface area contributed by atoms with Crippen LogP contribution in [0.1, 0.15) is 90.9 Å². The third-order valence-electron chi connectivity index (χ3n) is 9.82. The van der Waals surface area contributed by atoms with Crippen LogP contribution in [0.2, 0.25) is 0 Å². The highest BCUT2D eigenvalue weighted by atomic mass is 32.1. The fourth-order valence-electron chi connectivity index (χ4n) is 7.06. The Morgan fingerprint density at radius 1 is 1.06 bits per heavy atom. The molecule has 3 fully saturated rings. The Morgan fingerprint density at radius 2 is 1.73 bits per heavy atom. The van der Waals surface area contributed by atoms with E-state index in [0.29, 0.717) is 31.4 Å². The lowest BCUT2D eigenvalue weighted by molar-refractivity contribution is -0.144. The molecule has 2 heterocycles. The van der Waals surface area contributed by atoms with Gasteiger partial charge in [0.2, 0.25) is 23.5 Å². The van der Waals surface area contributed by atoms with E-state index in [2.05, 4.69) is 27.8 Å². The van der Waals surface area contributed by atoms with Gasteiger partial charge in [0, 0.05) is 17.3 Å². The van der Waals surface area contributed by atoms with Crippen molar-refractivity contribution >= 4 is 46.8 Å². The van der Waals surface area contributed by atoms with Gasteiger partial charge < -0.3 is 31.9 Å². The Hall–Kier alpha value is -3.74. The van der Waals surface area contributed by atoms with Gasteiger partial charge in [-0.3, -0.25) is 24.0 Å². The summed E-state index contributed by atoms with van der Waals surface area (Å²) in [5.41, 5.74) is 4.08. The van der Waals surface area contributed by atoms with Crippen LogP contribution in [0.5, 0.6) is 0 Å². The van der Waals surface area contributed by atoms with Gasteiger partial charge in [0.25, 0.3) is 5.91 Å². The van der Waals surface area contributed by atoms with Crippen LogP contribution in [0.3, 0.4) is 0 Å². The molecule has 0 aromatic carbocycles. The summed E-state index contributed by atoms with van der Waals surface area (Å²) in [7, 11) is 0. The Bertz CT molecular complexity index is 1390. The van der Waals surface area contributed by atoms with E-state index in [9.17, 15) is 28.8 Å². The first-order chi connectivity index (χ1) is 22.5. The number of nitrogens with one attached hydrogen (secondary N) is 4. The second kappa shape index (κ2) is 15.2. The maximum Gasteiger partial charge on any atom is 0.316 e. The van der Waals surface area contributed by atoms with E-state index in [1.165, 1.54) is 16.2 Å². The van der Waals surface area contributed by atoms with Crippen molar-refractivity contribution in [2.75, 3.05) is 6.54 Å². The average Bonchev–Trinajstić information content (AvgIpc) is 3.53. The van der Waals surface area contributed by atoms with Gasteiger partial charge in [-0.1, -0.05) is 84.9 Å². The second-order valence-corrected chi connectivity index (χ2v) is 16.1. The number of nitrogens with zero attached hydrogens (tertiary/aromatic N) is 1. The molecule has 2 aliphatic carbocycles. The molecule has 3 aliphatic rings. The van der Waals surface area contributed by atoms with Crippen LogP contribution in [-0.2, 0) is 30.5 Å². The number of nitrogens with two attached hydrogens (primary N) is 1. The first-order valence-corrected chi connectivity index (χ1v) is 17.9. The lowest BCUT2D eigenvalue weighted by Gasteiger charge is -2.39. The molecule has 0 spiro atoms. The van der Waals surface area contributed by atoms with Gasteiger partial charge in [-0.2, -0.15) is 0 Å². The number of hydrogen-bond acceptors (Lipinski definition) is 7. The summed E-state index contributed by atoms with van der Waals surface area (Å²) >= 11 is 1.54. The van der Waals surface area contributed by atoms with Crippen LogP contribution in [0.15, 0.2) is 29.7 Å². The molecule has 4 rings (SSSR count). The highest BCUT2D eigenvalue weighted by Crippen LogP contribution is 2.37. The summed E-state index contributed by atoms with van der Waals surface area (Å²) in [5.74, 6) is -3.59. The molecular formula is C35H52N6O6S. The molecular weight excluding hydrogens is 632 g/mol. The normalized spacial score (nSPS) is 22.0. The SMILES string of the molecule is C=C1CN(C(=O)[C@@H](NC(=O)NC2(C(=O)NCc3cccs3)CCCCC2)C(C)(C)C)[C@H](C(=O)NC(CC2CC2)C(=O)C(N)=O)[C@H]1C(C)C. The lowest BCUT2D eigenvalue weighted by atomic mass is 9.80. The smallest absolute Gasteiger partial charge is 0.316 e. The molecule has 0 radical (unpaired) electrons. The van der Waals surface area contributed by atoms with E-state index in [0.717, 1.165) is 37.0 Å². The van der Waals surface area contributed by atoms with Crippen molar-refractivity contribution in [3.05, 3.63) is 34.5 Å². The summed E-state index contributed by atoms with van der Waals surface area (Å²) in [6.07, 6.45) is 5.55. The molecule has 6 amide bonds. The fraction of sp³-hybridized carbons (Fsp3) is 0.657. The van der Waals surface area contributed by atoms with Crippen LogP contribution in [0.4, 0.5) is 4.79 Å². The number of rotatable bonds is 13. The maximum atomic E-state index is 14.5. The molecule has 1 saturated heterocycles. The molecule has 12 nitrogen and oxygen atoms in total. The number of thiophene rings is 1. The fourth-order valence-corrected chi connectivity index (χ4v) is 7.70. The topological polar surface area (TPSA) is 180 Å². The highest BCUT2D eigenvalue weighted by Gasteiger charge is 2.50. The first kappa shape index (κ1) is 37.1. The number of primary amides is 1. The summed E-state index contributed by atoms with van der Waals surface area (Å²) in [6, 6.07) is 0.0307. The van der Waals surface area contributed by atoms with E-state index < -0.39 is 64.5 Å². The molecule has 0 bridgehead atoms. The second-order valence-electron chi connectivity index (χ2n) is 15.1. The van der Waals surface area contributed by atoms with E-state index in [1.54, 1.807) is 0 Å². The number of ketones is 1. The van der Waals surface area contributed by atoms with Crippen molar-refractivity contribution in [2.24, 2.45) is 28.9 Å². The van der Waals surface area contributed by atoms with Gasteiger partial charge in [0.05, 0.1) is 12.6 Å². The minimum absolute atomic E-state index is 0.0806. The molecule has 6 N–H and O–H groups in total. The monoisotopic (exact) mass is 684 g/mol. The van der Waals surface area contributed by atoms with Crippen LogP contribution < -0.4 is 27.0 Å². The predicted octanol–water partition coefficient (Wildman–Crippen LogP) is 3.16. The third-order valence-corrected chi connectivity index (χ3v) is 10.7. The van der Waals surface area contributed by atoms with Crippen LogP contribution in [0.25, 0.3) is 0 Å². The van der Waals surface area contributed by atoms with E-state index in [-0.39, 0.29) is 24.3 Å². The number of likely N-dealkylation sites (tertiary alicyclic amines) is 1. The van der Waals surface area contributed by atoms with E-state index >= 15 is 0 Å². The quantitative estimate of drug-likeness (QED) is 0.157. The Labute approximate surface area is 287 Å². The molecule has 1 aromatic rings. The Morgan fingerprint density at radius 3 is 2.27 bits per heavy atom. The number of carbonyl (C=O) groups excluding carboxylic acids is 6. The largest absolute Gasteiger partial charge is 0.363 e. The minimum atomic E-state index is -1.12. The Kier molecular flexibility index (Phi) is 11.8. The van der Waals surface area contributed by atoms with E-state index in [4.69, 9.17) is 5.73 Å². The number of carbonyl (C=O) groups is 6. The zero-order chi connectivity index (χ0) is 35.4. The molecule has 1 unspecified atom stereocenters. The number of hydrogen-bond donors (Lipinski definition) is 5. The molecule has 48 heavy (non-hydrogen) atoms. The lowest BCUT2D eigenvalue weighted by Crippen LogP contribution is -2.65. The summed E-state index contributed by atoms with van der Waals surface area (Å²) in [5, 5.41) is 13.5. The summed E-state index contributed by atoms with van der Waals surface area (Å²) in [6.45, 7) is 13.9. The zero-order valence-corrected chi connectivity index (χ0v) is 29.7. The van der Waals surface area contributed by atoms with Crippen molar-refractivity contribution < 1.29 is 28.8 Å². The van der Waals surface area contributed by atoms with Gasteiger partial charge in [0.15, 0.2) is 0 Å². The number of urea groups is 1. The molecule has 1 aliphatic heterocycles. The predicted molar refractivity (Wildman–Crippen MR) is 183 cm³/mol. The van der Waals surface area contributed by atoms with Crippen molar-refractivity contribution in [1.82, 2.24) is 26.2 Å². The first-order valence-electron chi connectivity index (χ1n) is 17.1.